The number of aliphatic imine (C=N–C) groups is 1. The van der Waals surface area contributed by atoms with Crippen molar-refractivity contribution in [1.82, 2.24) is 5.06 Å². The number of nitrogens with zero attached hydrogens (tertiary/aromatic N) is 3. The lowest BCUT2D eigenvalue weighted by Gasteiger charge is -2.24. The third kappa shape index (κ3) is 3.11. The van der Waals surface area contributed by atoms with Gasteiger partial charge in [0.15, 0.2) is 0 Å². The summed E-state index contributed by atoms with van der Waals surface area (Å²) < 4.78 is 0. The van der Waals surface area contributed by atoms with Gasteiger partial charge in [-0.3, -0.25) is 10.2 Å². The second kappa shape index (κ2) is 6.99. The first kappa shape index (κ1) is 16.4. The summed E-state index contributed by atoms with van der Waals surface area (Å²) >= 11 is 6.21. The van der Waals surface area contributed by atoms with Crippen molar-refractivity contribution in [3.8, 4) is 0 Å². The van der Waals surface area contributed by atoms with Gasteiger partial charge in [-0.15, -0.1) is 0 Å². The van der Waals surface area contributed by atoms with Gasteiger partial charge in [0.05, 0.1) is 16.8 Å². The van der Waals surface area contributed by atoms with E-state index in [0.29, 0.717) is 34.0 Å². The molecule has 0 aromatic heterocycles. The molecule has 1 aliphatic rings. The van der Waals surface area contributed by atoms with E-state index in [2.05, 4.69) is 9.98 Å². The van der Waals surface area contributed by atoms with E-state index < -0.39 is 0 Å². The van der Waals surface area contributed by atoms with E-state index in [0.717, 1.165) is 10.8 Å². The Labute approximate surface area is 145 Å². The van der Waals surface area contributed by atoms with E-state index in [1.54, 1.807) is 19.2 Å². The van der Waals surface area contributed by atoms with Gasteiger partial charge in [-0.25, -0.2) is 10.1 Å². The Hall–Kier alpha value is -2.43. The highest BCUT2D eigenvalue weighted by Gasteiger charge is 2.17. The summed E-state index contributed by atoms with van der Waals surface area (Å²) in [6.45, 7) is 1.98. The maximum atomic E-state index is 10.9. The molecule has 0 saturated heterocycles. The minimum absolute atomic E-state index is 0.557. The standard InChI is InChI=1S/C19H18ClN3O/c1-3-15-12-18(21-2)22-17-10-9-14(20)11-16(17)19(23(15)24)13-7-5-4-6-8-13/h4-12,24H,3H2,1-2H3. The van der Waals surface area contributed by atoms with E-state index in [1.807, 2.05) is 49.4 Å². The second-order valence-corrected chi connectivity index (χ2v) is 5.81. The molecule has 0 spiro atoms. The number of rotatable bonds is 2. The molecule has 0 radical (unpaired) electrons. The van der Waals surface area contributed by atoms with Crippen LogP contribution >= 0.6 is 11.6 Å². The maximum absolute atomic E-state index is 10.9. The van der Waals surface area contributed by atoms with Crippen LogP contribution in [0.25, 0.3) is 5.70 Å². The molecule has 1 aliphatic heterocycles. The van der Waals surface area contributed by atoms with Crippen LogP contribution in [-0.2, 0) is 0 Å². The Morgan fingerprint density at radius 1 is 1.17 bits per heavy atom. The van der Waals surface area contributed by atoms with Crippen molar-refractivity contribution >= 4 is 23.1 Å². The molecule has 0 unspecified atom stereocenters. The van der Waals surface area contributed by atoms with Crippen LogP contribution in [0.2, 0.25) is 5.02 Å². The third-order valence-electron chi connectivity index (χ3n) is 3.87. The molecule has 1 heterocycles. The Kier molecular flexibility index (Phi) is 4.79. The summed E-state index contributed by atoms with van der Waals surface area (Å²) in [5.41, 5.74) is 2.25. The van der Waals surface area contributed by atoms with E-state index >= 15 is 0 Å². The zero-order valence-corrected chi connectivity index (χ0v) is 14.3. The van der Waals surface area contributed by atoms with Gasteiger partial charge in [-0.1, -0.05) is 48.9 Å². The molecule has 24 heavy (non-hydrogen) atoms. The van der Waals surface area contributed by atoms with Crippen LogP contribution in [0.1, 0.15) is 18.9 Å². The Morgan fingerprint density at radius 3 is 2.58 bits per heavy atom. The first-order valence-corrected chi connectivity index (χ1v) is 8.12. The van der Waals surface area contributed by atoms with Crippen molar-refractivity contribution in [1.29, 1.82) is 0 Å². The quantitative estimate of drug-likeness (QED) is 0.913. The zero-order valence-electron chi connectivity index (χ0n) is 13.6. The first-order chi connectivity index (χ1) is 11.6. The molecule has 0 atom stereocenters. The lowest BCUT2D eigenvalue weighted by atomic mass is 10.1. The highest BCUT2D eigenvalue weighted by Crippen LogP contribution is 2.21. The predicted molar refractivity (Wildman–Crippen MR) is 96.5 cm³/mol. The van der Waals surface area contributed by atoms with Crippen molar-refractivity contribution in [2.75, 3.05) is 7.05 Å². The maximum Gasteiger partial charge on any atom is 0.149 e. The monoisotopic (exact) mass is 339 g/mol. The molecule has 0 aliphatic carbocycles. The topological polar surface area (TPSA) is 48.2 Å². The summed E-state index contributed by atoms with van der Waals surface area (Å²) in [7, 11) is 1.68. The number of amidine groups is 1. The van der Waals surface area contributed by atoms with Crippen molar-refractivity contribution < 1.29 is 5.21 Å². The Morgan fingerprint density at radius 2 is 1.92 bits per heavy atom. The summed E-state index contributed by atoms with van der Waals surface area (Å²) in [5, 5.41) is 14.2. The fourth-order valence-electron chi connectivity index (χ4n) is 2.66. The van der Waals surface area contributed by atoms with Crippen LogP contribution in [-0.4, -0.2) is 23.2 Å². The molecule has 5 heteroatoms. The highest BCUT2D eigenvalue weighted by atomic mass is 35.5. The number of hydrogen-bond donors (Lipinski definition) is 1. The van der Waals surface area contributed by atoms with Gasteiger partial charge in [-0.2, -0.15) is 0 Å². The number of benzene rings is 2. The molecule has 0 bridgehead atoms. The lowest BCUT2D eigenvalue weighted by Crippen LogP contribution is -2.36. The number of hydroxylamine groups is 2. The van der Waals surface area contributed by atoms with Gasteiger partial charge in [0.1, 0.15) is 5.84 Å². The molecule has 3 rings (SSSR count). The number of halogens is 1. The van der Waals surface area contributed by atoms with Gasteiger partial charge in [0, 0.05) is 28.9 Å². The lowest BCUT2D eigenvalue weighted by molar-refractivity contribution is 0.00596. The molecule has 4 nitrogen and oxygen atoms in total. The van der Waals surface area contributed by atoms with Crippen LogP contribution in [0, 0.1) is 0 Å². The third-order valence-corrected chi connectivity index (χ3v) is 4.10. The van der Waals surface area contributed by atoms with Crippen LogP contribution in [0.4, 0.5) is 0 Å². The first-order valence-electron chi connectivity index (χ1n) is 7.74. The van der Waals surface area contributed by atoms with Crippen LogP contribution in [0.3, 0.4) is 0 Å². The number of hydrogen-bond acceptors (Lipinski definition) is 3. The molecule has 2 aromatic rings. The molecule has 0 saturated carbocycles. The normalized spacial score (nSPS) is 16.2. The Bertz CT molecular complexity index is 933. The van der Waals surface area contributed by atoms with Crippen LogP contribution in [0.15, 0.2) is 70.3 Å². The van der Waals surface area contributed by atoms with Crippen LogP contribution < -0.4 is 10.6 Å². The largest absolute Gasteiger partial charge is 0.284 e. The summed E-state index contributed by atoms with van der Waals surface area (Å²) in [5.74, 6) is 0.557. The fraction of sp³-hybridized carbons (Fsp3) is 0.158. The number of allylic oxidation sites excluding steroid dienone is 1. The van der Waals surface area contributed by atoms with E-state index in [9.17, 15) is 5.21 Å². The van der Waals surface area contributed by atoms with Crippen molar-refractivity contribution in [3.05, 3.63) is 81.5 Å². The molecular formula is C19H18ClN3O. The van der Waals surface area contributed by atoms with E-state index in [-0.39, 0.29) is 0 Å². The predicted octanol–water partition coefficient (Wildman–Crippen LogP) is 3.14. The van der Waals surface area contributed by atoms with Crippen molar-refractivity contribution in [2.45, 2.75) is 13.3 Å². The van der Waals surface area contributed by atoms with Gasteiger partial charge in [0.2, 0.25) is 0 Å². The summed E-state index contributed by atoms with van der Waals surface area (Å²) in [6, 6.07) is 15.2. The second-order valence-electron chi connectivity index (χ2n) is 5.37. The molecule has 2 aromatic carbocycles. The molecule has 122 valence electrons. The van der Waals surface area contributed by atoms with Crippen molar-refractivity contribution in [2.24, 2.45) is 9.98 Å². The average molecular weight is 340 g/mol. The Balaban J connectivity index is 2.48. The van der Waals surface area contributed by atoms with Gasteiger partial charge in [-0.05, 0) is 24.6 Å². The fourth-order valence-corrected chi connectivity index (χ4v) is 2.83. The molecule has 1 N–H and O–H groups in total. The summed E-state index contributed by atoms with van der Waals surface area (Å²) in [6.07, 6.45) is 2.43. The van der Waals surface area contributed by atoms with Crippen molar-refractivity contribution in [3.63, 3.8) is 0 Å². The molecule has 0 fully saturated rings. The van der Waals surface area contributed by atoms with E-state index in [1.165, 1.54) is 5.06 Å². The van der Waals surface area contributed by atoms with Gasteiger partial charge >= 0.3 is 0 Å². The molecular weight excluding hydrogens is 322 g/mol. The van der Waals surface area contributed by atoms with Crippen LogP contribution in [0.5, 0.6) is 0 Å². The summed E-state index contributed by atoms with van der Waals surface area (Å²) in [4.78, 5) is 8.82. The smallest absolute Gasteiger partial charge is 0.149 e. The minimum Gasteiger partial charge on any atom is -0.284 e. The zero-order chi connectivity index (χ0) is 17.1. The SMILES string of the molecule is CCC1=CC(=NC)N=c2ccc(Cl)cc2=C(c2ccccc2)N1O. The highest BCUT2D eigenvalue weighted by molar-refractivity contribution is 6.30. The van der Waals surface area contributed by atoms with Gasteiger partial charge < -0.3 is 0 Å². The van der Waals surface area contributed by atoms with Gasteiger partial charge in [0.25, 0.3) is 0 Å². The number of fused-ring (bicyclic) bond motifs is 1. The average Bonchev–Trinajstić information content (AvgIpc) is 2.60. The van der Waals surface area contributed by atoms with E-state index in [4.69, 9.17) is 11.6 Å². The minimum atomic E-state index is 0.557. The molecule has 0 amide bonds.